The fourth-order valence-electron chi connectivity index (χ4n) is 1.39. The summed E-state index contributed by atoms with van der Waals surface area (Å²) in [5, 5.41) is 10.9. The average molecular weight is 301 g/mol. The molecule has 8 heteroatoms. The van der Waals surface area contributed by atoms with Gasteiger partial charge in [0.2, 0.25) is 0 Å². The fourth-order valence-corrected chi connectivity index (χ4v) is 2.28. The zero-order valence-corrected chi connectivity index (χ0v) is 11.4. The molecule has 19 heavy (non-hydrogen) atoms. The van der Waals surface area contributed by atoms with Gasteiger partial charge in [-0.3, -0.25) is 10.1 Å². The molecule has 0 unspecified atom stereocenters. The molecule has 2 rings (SSSR count). The van der Waals surface area contributed by atoms with E-state index in [0.29, 0.717) is 10.2 Å². The molecule has 0 aliphatic rings. The molecular weight excluding hydrogens is 292 g/mol. The molecule has 0 atom stereocenters. The van der Waals surface area contributed by atoms with Gasteiger partial charge < -0.3 is 9.47 Å². The number of halogens is 1. The van der Waals surface area contributed by atoms with Crippen molar-refractivity contribution in [2.75, 3.05) is 7.11 Å². The lowest BCUT2D eigenvalue weighted by molar-refractivity contribution is -0.386. The van der Waals surface area contributed by atoms with Crippen LogP contribution in [-0.4, -0.2) is 17.0 Å². The van der Waals surface area contributed by atoms with Crippen LogP contribution in [0.25, 0.3) is 0 Å². The highest BCUT2D eigenvalue weighted by molar-refractivity contribution is 7.15. The summed E-state index contributed by atoms with van der Waals surface area (Å²) in [6.45, 7) is 0.178. The third kappa shape index (κ3) is 3.33. The molecule has 0 radical (unpaired) electrons. The van der Waals surface area contributed by atoms with Gasteiger partial charge in [-0.05, 0) is 12.1 Å². The van der Waals surface area contributed by atoms with Crippen molar-refractivity contribution < 1.29 is 14.4 Å². The van der Waals surface area contributed by atoms with Crippen molar-refractivity contribution in [2.45, 2.75) is 6.61 Å². The van der Waals surface area contributed by atoms with Crippen molar-refractivity contribution in [3.8, 4) is 11.5 Å². The standard InChI is InChI=1S/C11H9ClN2O4S/c1-17-7-2-3-10(9(4-7)14(15)16)18-6-8-5-13-11(12)19-8/h2-5H,6H2,1H3. The van der Waals surface area contributed by atoms with Crippen LogP contribution >= 0.6 is 22.9 Å². The van der Waals surface area contributed by atoms with E-state index in [9.17, 15) is 10.1 Å². The Morgan fingerprint density at radius 2 is 2.32 bits per heavy atom. The third-order valence-electron chi connectivity index (χ3n) is 2.26. The SMILES string of the molecule is COc1ccc(OCc2cnc(Cl)s2)c([N+](=O)[O-])c1. The summed E-state index contributed by atoms with van der Waals surface area (Å²) >= 11 is 6.95. The van der Waals surface area contributed by atoms with E-state index >= 15 is 0 Å². The second-order valence-corrected chi connectivity index (χ2v) is 5.16. The number of nitrogens with zero attached hydrogens (tertiary/aromatic N) is 2. The topological polar surface area (TPSA) is 74.5 Å². The minimum Gasteiger partial charge on any atom is -0.496 e. The third-order valence-corrected chi connectivity index (χ3v) is 3.35. The van der Waals surface area contributed by atoms with Gasteiger partial charge in [-0.15, -0.1) is 11.3 Å². The quantitative estimate of drug-likeness (QED) is 0.625. The zero-order chi connectivity index (χ0) is 13.8. The van der Waals surface area contributed by atoms with Crippen molar-refractivity contribution in [1.82, 2.24) is 4.98 Å². The molecule has 6 nitrogen and oxygen atoms in total. The van der Waals surface area contributed by atoms with E-state index in [-0.39, 0.29) is 18.0 Å². The van der Waals surface area contributed by atoms with E-state index in [1.807, 2.05) is 0 Å². The molecular formula is C11H9ClN2O4S. The van der Waals surface area contributed by atoms with Crippen LogP contribution in [0.2, 0.25) is 4.47 Å². The molecule has 1 heterocycles. The van der Waals surface area contributed by atoms with Crippen LogP contribution in [0.5, 0.6) is 11.5 Å². The first-order chi connectivity index (χ1) is 9.10. The Bertz CT molecular complexity index is 602. The number of methoxy groups -OCH3 is 1. The van der Waals surface area contributed by atoms with Crippen LogP contribution in [0.3, 0.4) is 0 Å². The second-order valence-electron chi connectivity index (χ2n) is 3.46. The van der Waals surface area contributed by atoms with Crippen LogP contribution in [-0.2, 0) is 6.61 Å². The molecule has 0 saturated heterocycles. The maximum absolute atomic E-state index is 10.9. The lowest BCUT2D eigenvalue weighted by atomic mass is 10.3. The number of rotatable bonds is 5. The lowest BCUT2D eigenvalue weighted by Crippen LogP contribution is -1.98. The first kappa shape index (κ1) is 13.6. The molecule has 0 aliphatic heterocycles. The van der Waals surface area contributed by atoms with E-state index in [1.54, 1.807) is 12.3 Å². The summed E-state index contributed by atoms with van der Waals surface area (Å²) in [7, 11) is 1.44. The monoisotopic (exact) mass is 300 g/mol. The van der Waals surface area contributed by atoms with Gasteiger partial charge in [0.05, 0.1) is 23.0 Å². The number of aromatic nitrogens is 1. The van der Waals surface area contributed by atoms with Gasteiger partial charge in [-0.25, -0.2) is 4.98 Å². The molecule has 0 saturated carbocycles. The van der Waals surface area contributed by atoms with Crippen LogP contribution in [0.4, 0.5) is 5.69 Å². The molecule has 0 amide bonds. The Morgan fingerprint density at radius 3 is 2.89 bits per heavy atom. The number of hydrogen-bond acceptors (Lipinski definition) is 6. The molecule has 100 valence electrons. The summed E-state index contributed by atoms with van der Waals surface area (Å²) in [5.41, 5.74) is -0.144. The fraction of sp³-hybridized carbons (Fsp3) is 0.182. The Labute approximate surface area is 117 Å². The molecule has 1 aromatic carbocycles. The Kier molecular flexibility index (Phi) is 4.18. The van der Waals surface area contributed by atoms with Gasteiger partial charge in [0, 0.05) is 6.20 Å². The van der Waals surface area contributed by atoms with Crippen LogP contribution in [0.15, 0.2) is 24.4 Å². The van der Waals surface area contributed by atoms with Crippen molar-refractivity contribution in [1.29, 1.82) is 0 Å². The lowest BCUT2D eigenvalue weighted by Gasteiger charge is -2.06. The first-order valence-corrected chi connectivity index (χ1v) is 6.35. The molecule has 0 bridgehead atoms. The number of ether oxygens (including phenoxy) is 2. The van der Waals surface area contributed by atoms with E-state index in [0.717, 1.165) is 4.88 Å². The Balaban J connectivity index is 2.17. The van der Waals surface area contributed by atoms with Gasteiger partial charge in [0.25, 0.3) is 0 Å². The number of benzene rings is 1. The molecule has 0 N–H and O–H groups in total. The van der Waals surface area contributed by atoms with E-state index in [2.05, 4.69) is 4.98 Å². The summed E-state index contributed by atoms with van der Waals surface area (Å²) in [6, 6.07) is 4.41. The van der Waals surface area contributed by atoms with Gasteiger partial charge >= 0.3 is 5.69 Å². The average Bonchev–Trinajstić information content (AvgIpc) is 2.82. The normalized spacial score (nSPS) is 10.2. The minimum absolute atomic E-state index is 0.144. The van der Waals surface area contributed by atoms with Crippen molar-refractivity contribution in [3.63, 3.8) is 0 Å². The Morgan fingerprint density at radius 1 is 1.53 bits per heavy atom. The maximum Gasteiger partial charge on any atom is 0.314 e. The zero-order valence-electron chi connectivity index (χ0n) is 9.83. The molecule has 0 aliphatic carbocycles. The molecule has 0 fully saturated rings. The predicted molar refractivity (Wildman–Crippen MR) is 71.1 cm³/mol. The summed E-state index contributed by atoms with van der Waals surface area (Å²) < 4.78 is 10.8. The summed E-state index contributed by atoms with van der Waals surface area (Å²) in [5.74, 6) is 0.579. The van der Waals surface area contributed by atoms with Gasteiger partial charge in [-0.1, -0.05) is 11.6 Å². The number of nitro benzene ring substituents is 1. The van der Waals surface area contributed by atoms with E-state index in [1.165, 1.54) is 30.6 Å². The van der Waals surface area contributed by atoms with Crippen LogP contribution < -0.4 is 9.47 Å². The maximum atomic E-state index is 10.9. The van der Waals surface area contributed by atoms with Crippen molar-refractivity contribution >= 4 is 28.6 Å². The molecule has 1 aromatic heterocycles. The minimum atomic E-state index is -0.516. The first-order valence-electron chi connectivity index (χ1n) is 5.15. The smallest absolute Gasteiger partial charge is 0.314 e. The van der Waals surface area contributed by atoms with E-state index < -0.39 is 4.92 Å². The second kappa shape index (κ2) is 5.85. The van der Waals surface area contributed by atoms with Gasteiger partial charge in [0.15, 0.2) is 10.2 Å². The molecule has 0 spiro atoms. The van der Waals surface area contributed by atoms with Gasteiger partial charge in [0.1, 0.15) is 12.4 Å². The van der Waals surface area contributed by atoms with Crippen molar-refractivity contribution in [2.24, 2.45) is 0 Å². The highest BCUT2D eigenvalue weighted by Crippen LogP contribution is 2.32. The summed E-state index contributed by atoms with van der Waals surface area (Å²) in [6.07, 6.45) is 1.57. The van der Waals surface area contributed by atoms with Crippen LogP contribution in [0.1, 0.15) is 4.88 Å². The van der Waals surface area contributed by atoms with Crippen molar-refractivity contribution in [3.05, 3.63) is 43.9 Å². The van der Waals surface area contributed by atoms with E-state index in [4.69, 9.17) is 21.1 Å². The summed E-state index contributed by atoms with van der Waals surface area (Å²) in [4.78, 5) is 15.1. The Hall–Kier alpha value is -1.86. The number of nitro groups is 1. The van der Waals surface area contributed by atoms with Gasteiger partial charge in [-0.2, -0.15) is 0 Å². The molecule has 2 aromatic rings. The number of hydrogen-bond donors (Lipinski definition) is 0. The highest BCUT2D eigenvalue weighted by Gasteiger charge is 2.16. The van der Waals surface area contributed by atoms with Crippen LogP contribution in [0, 0.1) is 10.1 Å². The predicted octanol–water partition coefficient (Wildman–Crippen LogP) is 3.29. The largest absolute Gasteiger partial charge is 0.496 e. The number of thiazole rings is 1. The highest BCUT2D eigenvalue weighted by atomic mass is 35.5.